The van der Waals surface area contributed by atoms with Gasteiger partial charge in [0.05, 0.1) is 18.4 Å². The van der Waals surface area contributed by atoms with Crippen LogP contribution in [0.1, 0.15) is 24.2 Å². The maximum atomic E-state index is 11.8. The van der Waals surface area contributed by atoms with Crippen LogP contribution in [0.25, 0.3) is 0 Å². The van der Waals surface area contributed by atoms with Crippen molar-refractivity contribution in [3.05, 3.63) is 23.8 Å². The van der Waals surface area contributed by atoms with Gasteiger partial charge < -0.3 is 14.2 Å². The second-order valence-electron chi connectivity index (χ2n) is 4.68. The molecule has 2 rings (SSSR count). The maximum absolute atomic E-state index is 11.8. The zero-order valence-electron chi connectivity index (χ0n) is 11.7. The molecule has 1 aliphatic heterocycles. The molecule has 0 amide bonds. The highest BCUT2D eigenvalue weighted by Gasteiger charge is 2.40. The van der Waals surface area contributed by atoms with E-state index in [2.05, 4.69) is 4.99 Å². The van der Waals surface area contributed by atoms with E-state index in [9.17, 15) is 14.4 Å². The van der Waals surface area contributed by atoms with E-state index in [0.29, 0.717) is 12.0 Å². The van der Waals surface area contributed by atoms with E-state index in [1.165, 1.54) is 39.2 Å². The minimum atomic E-state index is -1.32. The number of esters is 2. The third-order valence-corrected chi connectivity index (χ3v) is 2.64. The molecule has 0 unspecified atom stereocenters. The third kappa shape index (κ3) is 3.07. The summed E-state index contributed by atoms with van der Waals surface area (Å²) in [7, 11) is 1.42. The first-order valence-electron chi connectivity index (χ1n) is 6.05. The van der Waals surface area contributed by atoms with Crippen LogP contribution in [0.4, 0.5) is 5.69 Å². The van der Waals surface area contributed by atoms with E-state index in [-0.39, 0.29) is 11.3 Å². The molecule has 110 valence electrons. The van der Waals surface area contributed by atoms with Crippen molar-refractivity contribution in [2.75, 3.05) is 7.11 Å². The average molecular weight is 291 g/mol. The molecule has 1 aromatic rings. The Morgan fingerprint density at radius 3 is 2.33 bits per heavy atom. The molecule has 0 saturated carbocycles. The van der Waals surface area contributed by atoms with Crippen molar-refractivity contribution in [1.29, 1.82) is 0 Å². The molecule has 1 aliphatic rings. The van der Waals surface area contributed by atoms with Crippen LogP contribution in [0.3, 0.4) is 0 Å². The lowest BCUT2D eigenvalue weighted by atomic mass is 10.2. The van der Waals surface area contributed by atoms with Gasteiger partial charge in [-0.1, -0.05) is 0 Å². The zero-order valence-corrected chi connectivity index (χ0v) is 11.7. The summed E-state index contributed by atoms with van der Waals surface area (Å²) in [4.78, 5) is 38.3. The molecule has 7 nitrogen and oxygen atoms in total. The Morgan fingerprint density at radius 1 is 1.19 bits per heavy atom. The zero-order chi connectivity index (χ0) is 15.6. The van der Waals surface area contributed by atoms with Crippen LogP contribution in [0.2, 0.25) is 0 Å². The minimum absolute atomic E-state index is 0.238. The summed E-state index contributed by atoms with van der Waals surface area (Å²) in [5.74, 6) is -2.70. The molecule has 7 heteroatoms. The number of hydrogen-bond acceptors (Lipinski definition) is 7. The van der Waals surface area contributed by atoms with E-state index in [1.54, 1.807) is 0 Å². The summed E-state index contributed by atoms with van der Waals surface area (Å²) in [5.41, 5.74) is 0.00932. The van der Waals surface area contributed by atoms with E-state index >= 15 is 0 Å². The quantitative estimate of drug-likeness (QED) is 0.617. The Morgan fingerprint density at radius 2 is 1.81 bits per heavy atom. The molecule has 0 spiro atoms. The molecule has 0 aliphatic carbocycles. The number of aldehydes is 1. The van der Waals surface area contributed by atoms with Crippen LogP contribution >= 0.6 is 0 Å². The molecular formula is C14H13NO6. The van der Waals surface area contributed by atoms with Gasteiger partial charge in [-0.15, -0.1) is 0 Å². The van der Waals surface area contributed by atoms with Crippen molar-refractivity contribution in [3.63, 3.8) is 0 Å². The number of ether oxygens (including phenoxy) is 3. The van der Waals surface area contributed by atoms with Crippen molar-refractivity contribution >= 4 is 29.6 Å². The number of rotatable bonds is 3. The van der Waals surface area contributed by atoms with Gasteiger partial charge in [-0.3, -0.25) is 4.79 Å². The maximum Gasteiger partial charge on any atom is 0.367 e. The molecule has 0 atom stereocenters. The van der Waals surface area contributed by atoms with Gasteiger partial charge in [-0.2, -0.15) is 0 Å². The van der Waals surface area contributed by atoms with E-state index in [4.69, 9.17) is 14.2 Å². The molecule has 21 heavy (non-hydrogen) atoms. The second-order valence-corrected chi connectivity index (χ2v) is 4.68. The first-order valence-corrected chi connectivity index (χ1v) is 6.05. The molecular weight excluding hydrogens is 278 g/mol. The van der Waals surface area contributed by atoms with Crippen molar-refractivity contribution in [2.45, 2.75) is 19.6 Å². The molecule has 1 saturated heterocycles. The van der Waals surface area contributed by atoms with Crippen LogP contribution in [-0.4, -0.2) is 36.8 Å². The topological polar surface area (TPSA) is 91.3 Å². The van der Waals surface area contributed by atoms with Gasteiger partial charge in [-0.05, 0) is 18.2 Å². The highest BCUT2D eigenvalue weighted by atomic mass is 16.7. The van der Waals surface area contributed by atoms with Crippen LogP contribution in [0, 0.1) is 0 Å². The Hall–Kier alpha value is -2.70. The standard InChI is InChI=1S/C14H13NO6/c1-14(2)20-12(17)11(13(18)21-14)15-9-4-5-10(19-3)8(6-9)7-16/h4-7H,1-3H3. The molecule has 1 fully saturated rings. The number of nitrogens with zero attached hydrogens (tertiary/aromatic N) is 1. The lowest BCUT2D eigenvalue weighted by molar-refractivity contribution is -0.214. The van der Waals surface area contributed by atoms with Crippen molar-refractivity contribution < 1.29 is 28.6 Å². The Labute approximate surface area is 120 Å². The number of hydrogen-bond donors (Lipinski definition) is 0. The molecule has 0 bridgehead atoms. The Kier molecular flexibility index (Phi) is 3.75. The number of benzene rings is 1. The first-order chi connectivity index (χ1) is 9.86. The summed E-state index contributed by atoms with van der Waals surface area (Å²) >= 11 is 0. The fraction of sp³-hybridized carbons (Fsp3) is 0.286. The lowest BCUT2D eigenvalue weighted by Crippen LogP contribution is -2.46. The molecule has 0 radical (unpaired) electrons. The smallest absolute Gasteiger partial charge is 0.367 e. The van der Waals surface area contributed by atoms with Gasteiger partial charge in [0.1, 0.15) is 5.75 Å². The monoisotopic (exact) mass is 291 g/mol. The summed E-state index contributed by atoms with van der Waals surface area (Å²) in [6.07, 6.45) is 0.586. The van der Waals surface area contributed by atoms with Crippen molar-refractivity contribution in [3.8, 4) is 5.75 Å². The van der Waals surface area contributed by atoms with Crippen molar-refractivity contribution in [2.24, 2.45) is 4.99 Å². The predicted molar refractivity (Wildman–Crippen MR) is 71.7 cm³/mol. The number of aliphatic imine (C=N–C) groups is 1. The van der Waals surface area contributed by atoms with Gasteiger partial charge in [0.15, 0.2) is 6.29 Å². The van der Waals surface area contributed by atoms with Crippen LogP contribution in [0.5, 0.6) is 5.75 Å². The van der Waals surface area contributed by atoms with Gasteiger partial charge >= 0.3 is 11.9 Å². The minimum Gasteiger partial charge on any atom is -0.496 e. The number of methoxy groups -OCH3 is 1. The largest absolute Gasteiger partial charge is 0.496 e. The summed E-state index contributed by atoms with van der Waals surface area (Å²) in [6.45, 7) is 2.88. The molecule has 0 aromatic heterocycles. The molecule has 1 heterocycles. The number of carbonyl (C=O) groups excluding carboxylic acids is 3. The van der Waals surface area contributed by atoms with Crippen LogP contribution in [0.15, 0.2) is 23.2 Å². The second kappa shape index (κ2) is 5.35. The summed E-state index contributed by atoms with van der Waals surface area (Å²) in [5, 5.41) is 0. The fourth-order valence-corrected chi connectivity index (χ4v) is 1.75. The predicted octanol–water partition coefficient (Wildman–Crippen LogP) is 1.42. The summed E-state index contributed by atoms with van der Waals surface area (Å²) in [6, 6.07) is 4.39. The highest BCUT2D eigenvalue weighted by Crippen LogP contribution is 2.25. The first kappa shape index (κ1) is 14.7. The van der Waals surface area contributed by atoms with E-state index in [1.807, 2.05) is 0 Å². The van der Waals surface area contributed by atoms with E-state index in [0.717, 1.165) is 0 Å². The molecule has 1 aromatic carbocycles. The Balaban J connectivity index is 2.37. The molecule has 0 N–H and O–H groups in total. The summed E-state index contributed by atoms with van der Waals surface area (Å²) < 4.78 is 14.8. The fourth-order valence-electron chi connectivity index (χ4n) is 1.75. The van der Waals surface area contributed by atoms with Gasteiger partial charge in [0, 0.05) is 13.8 Å². The van der Waals surface area contributed by atoms with Gasteiger partial charge in [0.25, 0.3) is 5.79 Å². The van der Waals surface area contributed by atoms with Gasteiger partial charge in [0.2, 0.25) is 5.71 Å². The SMILES string of the molecule is COc1ccc(N=C2C(=O)OC(C)(C)OC2=O)cc1C=O. The lowest BCUT2D eigenvalue weighted by Gasteiger charge is -2.29. The Bertz CT molecular complexity index is 625. The van der Waals surface area contributed by atoms with Crippen LogP contribution in [-0.2, 0) is 19.1 Å². The highest BCUT2D eigenvalue weighted by molar-refractivity contribution is 6.63. The third-order valence-electron chi connectivity index (χ3n) is 2.64. The number of cyclic esters (lactones) is 2. The normalized spacial score (nSPS) is 16.8. The van der Waals surface area contributed by atoms with Gasteiger partial charge in [-0.25, -0.2) is 14.6 Å². The van der Waals surface area contributed by atoms with E-state index < -0.39 is 23.4 Å². The van der Waals surface area contributed by atoms with Crippen molar-refractivity contribution in [1.82, 2.24) is 0 Å². The average Bonchev–Trinajstić information content (AvgIpc) is 2.41. The number of carbonyl (C=O) groups is 3. The van der Waals surface area contributed by atoms with Crippen LogP contribution < -0.4 is 4.74 Å².